The lowest BCUT2D eigenvalue weighted by Crippen LogP contribution is -2.32. The normalized spacial score (nSPS) is 13.5. The van der Waals surface area contributed by atoms with Crippen molar-refractivity contribution in [3.05, 3.63) is 34.0 Å². The van der Waals surface area contributed by atoms with Gasteiger partial charge in [0, 0.05) is 11.4 Å². The number of guanidine groups is 1. The summed E-state index contributed by atoms with van der Waals surface area (Å²) < 4.78 is 0.649. The van der Waals surface area contributed by atoms with E-state index in [0.717, 1.165) is 4.88 Å². The van der Waals surface area contributed by atoms with Crippen LogP contribution in [0.3, 0.4) is 0 Å². The third kappa shape index (κ3) is 4.22. The summed E-state index contributed by atoms with van der Waals surface area (Å²) in [5.41, 5.74) is 5.55. The average Bonchev–Trinajstić information content (AvgIpc) is 2.69. The number of aliphatic hydroxyl groups is 1. The van der Waals surface area contributed by atoms with Crippen molar-refractivity contribution in [1.82, 2.24) is 5.32 Å². The third-order valence-electron chi connectivity index (χ3n) is 1.78. The summed E-state index contributed by atoms with van der Waals surface area (Å²) in [5, 5.41) is 12.6. The number of nitrogens with one attached hydrogen (secondary N) is 1. The first-order valence-corrected chi connectivity index (χ1v) is 5.91. The Balaban J connectivity index is 2.45. The van der Waals surface area contributed by atoms with Gasteiger partial charge in [-0.25, -0.2) is 0 Å². The summed E-state index contributed by atoms with van der Waals surface area (Å²) >= 11 is 7.09. The lowest BCUT2D eigenvalue weighted by Gasteiger charge is -2.06. The molecule has 0 aliphatic carbocycles. The number of thiophene rings is 1. The topological polar surface area (TPSA) is 70.6 Å². The zero-order valence-corrected chi connectivity index (χ0v) is 10.3. The summed E-state index contributed by atoms with van der Waals surface area (Å²) in [4.78, 5) is 4.78. The largest absolute Gasteiger partial charge is 0.386 e. The average molecular weight is 260 g/mol. The van der Waals surface area contributed by atoms with Crippen LogP contribution in [0, 0.1) is 0 Å². The van der Waals surface area contributed by atoms with Gasteiger partial charge in [0.05, 0.1) is 10.9 Å². The molecule has 16 heavy (non-hydrogen) atoms. The van der Waals surface area contributed by atoms with Crippen LogP contribution in [-0.4, -0.2) is 24.2 Å². The molecule has 1 heterocycles. The van der Waals surface area contributed by atoms with Crippen LogP contribution < -0.4 is 11.1 Å². The van der Waals surface area contributed by atoms with Gasteiger partial charge in [-0.05, 0) is 12.1 Å². The van der Waals surface area contributed by atoms with Crippen LogP contribution >= 0.6 is 22.9 Å². The number of halogens is 1. The molecule has 0 aromatic carbocycles. The first kappa shape index (κ1) is 13.0. The molecule has 0 amide bonds. The predicted molar refractivity (Wildman–Crippen MR) is 69.0 cm³/mol. The molecule has 4 nitrogen and oxygen atoms in total. The molecule has 0 spiro atoms. The van der Waals surface area contributed by atoms with Crippen LogP contribution in [0.25, 0.3) is 0 Å². The summed E-state index contributed by atoms with van der Waals surface area (Å²) in [7, 11) is 0. The molecule has 6 heteroatoms. The number of hydrogen-bond donors (Lipinski definition) is 3. The van der Waals surface area contributed by atoms with Crippen molar-refractivity contribution in [2.24, 2.45) is 10.7 Å². The Morgan fingerprint density at radius 2 is 2.50 bits per heavy atom. The summed E-state index contributed by atoms with van der Waals surface area (Å²) in [5.74, 6) is 0.293. The summed E-state index contributed by atoms with van der Waals surface area (Å²) in [6, 6.07) is 3.52. The van der Waals surface area contributed by atoms with Gasteiger partial charge in [-0.2, -0.15) is 0 Å². The van der Waals surface area contributed by atoms with Gasteiger partial charge >= 0.3 is 0 Å². The Labute approximate surface area is 103 Å². The van der Waals surface area contributed by atoms with Crippen LogP contribution in [0.4, 0.5) is 0 Å². The first-order chi connectivity index (χ1) is 7.63. The van der Waals surface area contributed by atoms with Crippen molar-refractivity contribution in [1.29, 1.82) is 0 Å². The molecule has 4 N–H and O–H groups in total. The Morgan fingerprint density at radius 3 is 3.06 bits per heavy atom. The molecule has 0 saturated heterocycles. The molecule has 1 aromatic heterocycles. The minimum absolute atomic E-state index is 0.215. The highest BCUT2D eigenvalue weighted by molar-refractivity contribution is 7.16. The fraction of sp³-hybridized carbons (Fsp3) is 0.300. The highest BCUT2D eigenvalue weighted by Gasteiger charge is 2.09. The van der Waals surface area contributed by atoms with Gasteiger partial charge in [0.15, 0.2) is 5.96 Å². The van der Waals surface area contributed by atoms with Gasteiger partial charge in [-0.15, -0.1) is 17.9 Å². The number of aliphatic imine (C=N–C) groups is 1. The van der Waals surface area contributed by atoms with E-state index in [-0.39, 0.29) is 6.54 Å². The molecule has 0 aliphatic rings. The minimum Gasteiger partial charge on any atom is -0.386 e. The van der Waals surface area contributed by atoms with Crippen molar-refractivity contribution >= 4 is 28.9 Å². The maximum atomic E-state index is 9.75. The van der Waals surface area contributed by atoms with E-state index in [0.29, 0.717) is 16.8 Å². The molecule has 0 saturated carbocycles. The lowest BCUT2D eigenvalue weighted by molar-refractivity contribution is 0.191. The minimum atomic E-state index is -0.665. The van der Waals surface area contributed by atoms with E-state index in [1.165, 1.54) is 11.3 Å². The Bertz CT molecular complexity index is 378. The monoisotopic (exact) mass is 259 g/mol. The van der Waals surface area contributed by atoms with Gasteiger partial charge in [-0.1, -0.05) is 17.7 Å². The van der Waals surface area contributed by atoms with Crippen LogP contribution in [0.5, 0.6) is 0 Å². The molecule has 88 valence electrons. The summed E-state index contributed by atoms with van der Waals surface area (Å²) in [6.45, 7) is 4.31. The summed E-state index contributed by atoms with van der Waals surface area (Å²) in [6.07, 6.45) is 1.01. The fourth-order valence-electron chi connectivity index (χ4n) is 1.01. The molecule has 0 radical (unpaired) electrons. The molecule has 1 aromatic rings. The second-order valence-electron chi connectivity index (χ2n) is 3.05. The smallest absolute Gasteiger partial charge is 0.188 e. The number of aliphatic hydroxyl groups excluding tert-OH is 1. The van der Waals surface area contributed by atoms with E-state index >= 15 is 0 Å². The Kier molecular flexibility index (Phi) is 5.31. The maximum absolute atomic E-state index is 9.75. The molecule has 1 rings (SSSR count). The van der Waals surface area contributed by atoms with E-state index in [9.17, 15) is 5.11 Å². The molecular formula is C10H14ClN3OS. The van der Waals surface area contributed by atoms with Crippen LogP contribution in [-0.2, 0) is 0 Å². The number of rotatable bonds is 5. The highest BCUT2D eigenvalue weighted by Crippen LogP contribution is 2.26. The van der Waals surface area contributed by atoms with Gasteiger partial charge < -0.3 is 16.2 Å². The van der Waals surface area contributed by atoms with Crippen molar-refractivity contribution in [2.45, 2.75) is 6.10 Å². The van der Waals surface area contributed by atoms with Crippen LogP contribution in [0.15, 0.2) is 29.8 Å². The Hall–Kier alpha value is -1.04. The van der Waals surface area contributed by atoms with Gasteiger partial charge in [0.1, 0.15) is 6.10 Å². The van der Waals surface area contributed by atoms with Crippen LogP contribution in [0.2, 0.25) is 4.34 Å². The second-order valence-corrected chi connectivity index (χ2v) is 4.80. The fourth-order valence-corrected chi connectivity index (χ4v) is 2.05. The highest BCUT2D eigenvalue weighted by atomic mass is 35.5. The molecule has 0 bridgehead atoms. The van der Waals surface area contributed by atoms with Crippen molar-refractivity contribution < 1.29 is 5.11 Å². The number of nitrogens with zero attached hydrogens (tertiary/aromatic N) is 1. The van der Waals surface area contributed by atoms with Gasteiger partial charge in [0.2, 0.25) is 0 Å². The van der Waals surface area contributed by atoms with E-state index in [4.69, 9.17) is 17.3 Å². The number of nitrogens with two attached hydrogens (primary N) is 1. The second kappa shape index (κ2) is 6.52. The number of hydrogen-bond acceptors (Lipinski definition) is 3. The Morgan fingerprint density at radius 1 is 1.75 bits per heavy atom. The van der Waals surface area contributed by atoms with E-state index in [1.807, 2.05) is 0 Å². The maximum Gasteiger partial charge on any atom is 0.188 e. The molecule has 0 fully saturated rings. The standard InChI is InChI=1S/C10H14ClN3OS/c1-2-5-13-10(12)14-6-7(15)8-3-4-9(11)16-8/h2-4,7,15H,1,5-6H2,(H3,12,13,14). The quantitative estimate of drug-likeness (QED) is 0.427. The van der Waals surface area contributed by atoms with E-state index < -0.39 is 6.10 Å². The van der Waals surface area contributed by atoms with E-state index in [2.05, 4.69) is 16.9 Å². The van der Waals surface area contributed by atoms with Crippen molar-refractivity contribution in [3.8, 4) is 0 Å². The molecule has 1 atom stereocenters. The molecular weight excluding hydrogens is 246 g/mol. The predicted octanol–water partition coefficient (Wildman–Crippen LogP) is 1.53. The van der Waals surface area contributed by atoms with Crippen LogP contribution in [0.1, 0.15) is 11.0 Å². The first-order valence-electron chi connectivity index (χ1n) is 4.71. The molecule has 0 aliphatic heterocycles. The van der Waals surface area contributed by atoms with E-state index in [1.54, 1.807) is 18.2 Å². The van der Waals surface area contributed by atoms with Gasteiger partial charge in [-0.3, -0.25) is 4.99 Å². The third-order valence-corrected chi connectivity index (χ3v) is 3.12. The zero-order valence-electron chi connectivity index (χ0n) is 8.69. The van der Waals surface area contributed by atoms with Crippen molar-refractivity contribution in [2.75, 3.05) is 13.1 Å². The lowest BCUT2D eigenvalue weighted by atomic mass is 10.3. The molecule has 1 unspecified atom stereocenters. The SMILES string of the molecule is C=CCNC(N)=NCC(O)c1ccc(Cl)s1. The van der Waals surface area contributed by atoms with Crippen molar-refractivity contribution in [3.63, 3.8) is 0 Å². The zero-order chi connectivity index (χ0) is 12.0. The van der Waals surface area contributed by atoms with Gasteiger partial charge in [0.25, 0.3) is 0 Å².